The Kier molecular flexibility index (Phi) is 7.22. The molecule has 0 saturated carbocycles. The van der Waals surface area contributed by atoms with Gasteiger partial charge < -0.3 is 24.2 Å². The van der Waals surface area contributed by atoms with Gasteiger partial charge in [0.1, 0.15) is 0 Å². The highest BCUT2D eigenvalue weighted by atomic mass is 16.5. The average Bonchev–Trinajstić information content (AvgIpc) is 2.99. The summed E-state index contributed by atoms with van der Waals surface area (Å²) in [6.45, 7) is 11.6. The van der Waals surface area contributed by atoms with Crippen LogP contribution in [0.25, 0.3) is 0 Å². The van der Waals surface area contributed by atoms with Crippen LogP contribution in [0.5, 0.6) is 0 Å². The molecule has 1 aliphatic rings. The topological polar surface area (TPSA) is 93.9 Å². The maximum Gasteiger partial charge on any atom is 0.292 e. The van der Waals surface area contributed by atoms with Crippen LogP contribution in [0.2, 0.25) is 0 Å². The van der Waals surface area contributed by atoms with Crippen LogP contribution in [0, 0.1) is 0 Å². The summed E-state index contributed by atoms with van der Waals surface area (Å²) in [5.74, 6) is -0.0792. The summed E-state index contributed by atoms with van der Waals surface area (Å²) in [5, 5.41) is 6.90. The Morgan fingerprint density at radius 3 is 2.64 bits per heavy atom. The number of hydrogen-bond donors (Lipinski definition) is 1. The predicted molar refractivity (Wildman–Crippen MR) is 104 cm³/mol. The molecule has 28 heavy (non-hydrogen) atoms. The minimum atomic E-state index is -0.520. The molecule has 1 unspecified atom stereocenters. The van der Waals surface area contributed by atoms with Crippen LogP contribution in [0.4, 0.5) is 0 Å². The van der Waals surface area contributed by atoms with Crippen molar-refractivity contribution in [1.82, 2.24) is 15.4 Å². The first-order chi connectivity index (χ1) is 13.0. The number of carbonyl (C=O) groups is 2. The monoisotopic (exact) mass is 395 g/mol. The van der Waals surface area contributed by atoms with Gasteiger partial charge in [-0.2, -0.15) is 0 Å². The Labute approximate surface area is 166 Å². The number of nitrogens with zero attached hydrogens (tertiary/aromatic N) is 2. The lowest BCUT2D eigenvalue weighted by Gasteiger charge is -2.25. The molecular weight excluding hydrogens is 362 g/mol. The molecule has 158 valence electrons. The molecule has 1 atom stereocenters. The molecule has 1 N–H and O–H groups in total. The lowest BCUT2D eigenvalue weighted by atomic mass is 9.92. The molecule has 0 spiro atoms. The van der Waals surface area contributed by atoms with Crippen molar-refractivity contribution in [3.8, 4) is 0 Å². The van der Waals surface area contributed by atoms with Crippen LogP contribution in [-0.4, -0.2) is 66.9 Å². The fraction of sp³-hybridized carbons (Fsp3) is 0.750. The minimum absolute atomic E-state index is 0.109. The van der Waals surface area contributed by atoms with Crippen LogP contribution in [-0.2, 0) is 19.7 Å². The van der Waals surface area contributed by atoms with E-state index in [9.17, 15) is 9.59 Å². The largest absolute Gasteiger partial charge is 0.378 e. The van der Waals surface area contributed by atoms with E-state index in [-0.39, 0.29) is 35.5 Å². The number of rotatable bonds is 6. The second-order valence-corrected chi connectivity index (χ2v) is 8.87. The van der Waals surface area contributed by atoms with Gasteiger partial charge in [-0.05, 0) is 20.3 Å². The number of aromatic nitrogens is 1. The molecule has 0 bridgehead atoms. The normalized spacial score (nSPS) is 18.6. The average molecular weight is 396 g/mol. The van der Waals surface area contributed by atoms with Crippen molar-refractivity contribution in [3.63, 3.8) is 0 Å². The molecule has 2 heterocycles. The van der Waals surface area contributed by atoms with Gasteiger partial charge in [-0.1, -0.05) is 25.9 Å². The highest BCUT2D eigenvalue weighted by Crippen LogP contribution is 2.22. The zero-order valence-corrected chi connectivity index (χ0v) is 17.8. The standard InChI is InChI=1S/C20H33N3O5/c1-19(2,3)16-10-15(28-22-16)18(25)23-8-7-9-27-14(13-23)12-21-17(24)11-20(4,5)26-6/h10,14H,7-9,11-13H2,1-6H3,(H,21,24). The molecule has 1 fully saturated rings. The van der Waals surface area contributed by atoms with Crippen LogP contribution in [0.1, 0.15) is 63.7 Å². The highest BCUT2D eigenvalue weighted by Gasteiger charge is 2.29. The fourth-order valence-corrected chi connectivity index (χ4v) is 2.84. The predicted octanol–water partition coefficient (Wildman–Crippen LogP) is 2.13. The van der Waals surface area contributed by atoms with E-state index in [1.807, 2.05) is 34.6 Å². The smallest absolute Gasteiger partial charge is 0.292 e. The van der Waals surface area contributed by atoms with E-state index in [0.717, 1.165) is 12.1 Å². The van der Waals surface area contributed by atoms with Crippen molar-refractivity contribution in [2.75, 3.05) is 33.4 Å². The molecule has 1 aromatic heterocycles. The van der Waals surface area contributed by atoms with E-state index in [1.165, 1.54) is 0 Å². The Balaban J connectivity index is 1.95. The van der Waals surface area contributed by atoms with Gasteiger partial charge >= 0.3 is 0 Å². The molecule has 8 nitrogen and oxygen atoms in total. The van der Waals surface area contributed by atoms with Gasteiger partial charge in [-0.25, -0.2) is 0 Å². The number of hydrogen-bond acceptors (Lipinski definition) is 6. The summed E-state index contributed by atoms with van der Waals surface area (Å²) in [5.41, 5.74) is 0.0340. The number of methoxy groups -OCH3 is 1. The maximum atomic E-state index is 12.8. The molecule has 0 radical (unpaired) electrons. The Morgan fingerprint density at radius 2 is 2.04 bits per heavy atom. The molecule has 8 heteroatoms. The molecular formula is C20H33N3O5. The van der Waals surface area contributed by atoms with Crippen molar-refractivity contribution in [2.45, 2.75) is 64.6 Å². The third-order valence-corrected chi connectivity index (χ3v) is 4.79. The Morgan fingerprint density at radius 1 is 1.32 bits per heavy atom. The summed E-state index contributed by atoms with van der Waals surface area (Å²) in [6, 6.07) is 1.71. The summed E-state index contributed by atoms with van der Waals surface area (Å²) < 4.78 is 16.4. The van der Waals surface area contributed by atoms with E-state index in [4.69, 9.17) is 14.0 Å². The van der Waals surface area contributed by atoms with Gasteiger partial charge in [-0.15, -0.1) is 0 Å². The first-order valence-corrected chi connectivity index (χ1v) is 9.72. The lowest BCUT2D eigenvalue weighted by Crippen LogP contribution is -2.43. The quantitative estimate of drug-likeness (QED) is 0.793. The summed E-state index contributed by atoms with van der Waals surface area (Å²) in [7, 11) is 1.58. The number of ether oxygens (including phenoxy) is 2. The number of carbonyl (C=O) groups excluding carboxylic acids is 2. The number of amides is 2. The minimum Gasteiger partial charge on any atom is -0.378 e. The second-order valence-electron chi connectivity index (χ2n) is 8.87. The van der Waals surface area contributed by atoms with Crippen molar-refractivity contribution in [3.05, 3.63) is 17.5 Å². The van der Waals surface area contributed by atoms with E-state index in [1.54, 1.807) is 18.1 Å². The summed E-state index contributed by atoms with van der Waals surface area (Å²) in [4.78, 5) is 26.7. The summed E-state index contributed by atoms with van der Waals surface area (Å²) in [6.07, 6.45) is 0.714. The van der Waals surface area contributed by atoms with E-state index < -0.39 is 5.60 Å². The Hall–Kier alpha value is -1.93. The Bertz CT molecular complexity index is 678. The molecule has 0 aliphatic carbocycles. The second kappa shape index (κ2) is 9.05. The number of nitrogens with one attached hydrogen (secondary N) is 1. The first-order valence-electron chi connectivity index (χ1n) is 9.72. The third-order valence-electron chi connectivity index (χ3n) is 4.79. The van der Waals surface area contributed by atoms with E-state index in [0.29, 0.717) is 26.2 Å². The summed E-state index contributed by atoms with van der Waals surface area (Å²) >= 11 is 0. The molecule has 1 aromatic rings. The van der Waals surface area contributed by atoms with E-state index >= 15 is 0 Å². The van der Waals surface area contributed by atoms with Crippen LogP contribution < -0.4 is 5.32 Å². The van der Waals surface area contributed by atoms with E-state index in [2.05, 4.69) is 10.5 Å². The molecule has 2 amide bonds. The zero-order valence-electron chi connectivity index (χ0n) is 17.8. The van der Waals surface area contributed by atoms with Gasteiger partial charge in [0.2, 0.25) is 11.7 Å². The molecule has 2 rings (SSSR count). The highest BCUT2D eigenvalue weighted by molar-refractivity contribution is 5.91. The van der Waals surface area contributed by atoms with Crippen LogP contribution >= 0.6 is 0 Å². The van der Waals surface area contributed by atoms with Crippen molar-refractivity contribution < 1.29 is 23.6 Å². The SMILES string of the molecule is COC(C)(C)CC(=O)NCC1CN(C(=O)c2cc(C(C)(C)C)no2)CCCO1. The molecule has 0 aromatic carbocycles. The van der Waals surface area contributed by atoms with Gasteiger partial charge in [0.05, 0.1) is 23.8 Å². The lowest BCUT2D eigenvalue weighted by molar-refractivity contribution is -0.126. The third kappa shape index (κ3) is 6.31. The fourth-order valence-electron chi connectivity index (χ4n) is 2.84. The van der Waals surface area contributed by atoms with Crippen molar-refractivity contribution in [1.29, 1.82) is 0 Å². The first kappa shape index (κ1) is 22.4. The zero-order chi connectivity index (χ0) is 20.9. The van der Waals surface area contributed by atoms with Gasteiger partial charge in [0.15, 0.2) is 0 Å². The molecule has 1 aliphatic heterocycles. The van der Waals surface area contributed by atoms with Crippen LogP contribution in [0.15, 0.2) is 10.6 Å². The van der Waals surface area contributed by atoms with Gasteiger partial charge in [0, 0.05) is 44.8 Å². The van der Waals surface area contributed by atoms with Crippen LogP contribution in [0.3, 0.4) is 0 Å². The van der Waals surface area contributed by atoms with Gasteiger partial charge in [-0.3, -0.25) is 9.59 Å². The van der Waals surface area contributed by atoms with Crippen molar-refractivity contribution in [2.24, 2.45) is 0 Å². The molecule has 1 saturated heterocycles. The maximum absolute atomic E-state index is 12.8. The van der Waals surface area contributed by atoms with Gasteiger partial charge in [0.25, 0.3) is 5.91 Å². The van der Waals surface area contributed by atoms with Crippen molar-refractivity contribution >= 4 is 11.8 Å².